The standard InChI is InChI=1S/C16H15BrN4O/c17-12-9-11(1-2-15(12)21-5-7-22-8-6-21)16-19-13-3-4-18-10-14(13)20-16/h1-4,9-10H,5-8H2,(H,19,20). The van der Waals surface area contributed by atoms with E-state index in [2.05, 4.69) is 54.0 Å². The van der Waals surface area contributed by atoms with E-state index in [1.165, 1.54) is 5.69 Å². The monoisotopic (exact) mass is 358 g/mol. The van der Waals surface area contributed by atoms with Gasteiger partial charge in [-0.1, -0.05) is 0 Å². The second-order valence-corrected chi connectivity index (χ2v) is 6.10. The summed E-state index contributed by atoms with van der Waals surface area (Å²) in [4.78, 5) is 14.4. The lowest BCUT2D eigenvalue weighted by molar-refractivity contribution is 0.122. The first kappa shape index (κ1) is 13.7. The van der Waals surface area contributed by atoms with Crippen molar-refractivity contribution in [2.24, 2.45) is 0 Å². The van der Waals surface area contributed by atoms with Crippen molar-refractivity contribution in [1.29, 1.82) is 0 Å². The van der Waals surface area contributed by atoms with Crippen molar-refractivity contribution in [2.75, 3.05) is 31.2 Å². The molecule has 0 spiro atoms. The number of H-pyrrole nitrogens is 1. The Kier molecular flexibility index (Phi) is 3.56. The van der Waals surface area contributed by atoms with Gasteiger partial charge in [0.1, 0.15) is 5.82 Å². The first-order valence-corrected chi connectivity index (χ1v) is 8.03. The number of morpholine rings is 1. The first-order valence-electron chi connectivity index (χ1n) is 7.23. The van der Waals surface area contributed by atoms with Gasteiger partial charge in [0.05, 0.1) is 36.1 Å². The van der Waals surface area contributed by atoms with E-state index < -0.39 is 0 Å². The number of fused-ring (bicyclic) bond motifs is 1. The van der Waals surface area contributed by atoms with E-state index >= 15 is 0 Å². The second kappa shape index (κ2) is 5.70. The highest BCUT2D eigenvalue weighted by Crippen LogP contribution is 2.31. The molecule has 3 heterocycles. The van der Waals surface area contributed by atoms with Crippen LogP contribution in [0.25, 0.3) is 22.4 Å². The predicted molar refractivity (Wildman–Crippen MR) is 90.1 cm³/mol. The molecule has 2 aromatic heterocycles. The fraction of sp³-hybridized carbons (Fsp3) is 0.250. The summed E-state index contributed by atoms with van der Waals surface area (Å²) in [5, 5.41) is 0. The number of aromatic amines is 1. The van der Waals surface area contributed by atoms with E-state index in [0.717, 1.165) is 53.2 Å². The highest BCUT2D eigenvalue weighted by atomic mass is 79.9. The van der Waals surface area contributed by atoms with Gasteiger partial charge in [-0.15, -0.1) is 0 Å². The molecule has 0 unspecified atom stereocenters. The third-order valence-corrected chi connectivity index (χ3v) is 4.49. The minimum absolute atomic E-state index is 0.783. The molecule has 1 aliphatic rings. The second-order valence-electron chi connectivity index (χ2n) is 5.24. The van der Waals surface area contributed by atoms with Crippen molar-refractivity contribution < 1.29 is 4.74 Å². The lowest BCUT2D eigenvalue weighted by Crippen LogP contribution is -2.36. The van der Waals surface area contributed by atoms with Gasteiger partial charge in [0, 0.05) is 29.3 Å². The smallest absolute Gasteiger partial charge is 0.138 e. The number of anilines is 1. The van der Waals surface area contributed by atoms with Gasteiger partial charge in [0.15, 0.2) is 0 Å². The number of benzene rings is 1. The molecule has 22 heavy (non-hydrogen) atoms. The SMILES string of the molecule is Brc1cc(-c2nc3ccncc3[nH]2)ccc1N1CCOCC1. The maximum atomic E-state index is 5.41. The van der Waals surface area contributed by atoms with Crippen LogP contribution < -0.4 is 4.90 Å². The average Bonchev–Trinajstić information content (AvgIpc) is 2.99. The molecule has 0 aliphatic carbocycles. The topological polar surface area (TPSA) is 54.0 Å². The Hall–Kier alpha value is -1.92. The molecule has 0 bridgehead atoms. The minimum atomic E-state index is 0.783. The zero-order valence-electron chi connectivity index (χ0n) is 11.9. The molecule has 0 saturated carbocycles. The zero-order valence-corrected chi connectivity index (χ0v) is 13.5. The van der Waals surface area contributed by atoms with Gasteiger partial charge in [-0.3, -0.25) is 4.98 Å². The molecular formula is C16H15BrN4O. The fourth-order valence-electron chi connectivity index (χ4n) is 2.71. The van der Waals surface area contributed by atoms with Crippen LogP contribution in [0.15, 0.2) is 41.1 Å². The molecule has 0 atom stereocenters. The maximum absolute atomic E-state index is 5.41. The molecule has 6 heteroatoms. The summed E-state index contributed by atoms with van der Waals surface area (Å²) >= 11 is 3.69. The number of pyridine rings is 1. The van der Waals surface area contributed by atoms with Gasteiger partial charge in [0.25, 0.3) is 0 Å². The number of imidazole rings is 1. The van der Waals surface area contributed by atoms with Gasteiger partial charge in [-0.05, 0) is 40.2 Å². The van der Waals surface area contributed by atoms with E-state index in [9.17, 15) is 0 Å². The van der Waals surface area contributed by atoms with Gasteiger partial charge >= 0.3 is 0 Å². The quantitative estimate of drug-likeness (QED) is 0.763. The Morgan fingerprint density at radius 3 is 2.82 bits per heavy atom. The third-order valence-electron chi connectivity index (χ3n) is 3.86. The lowest BCUT2D eigenvalue weighted by atomic mass is 10.2. The number of ether oxygens (including phenoxy) is 1. The summed E-state index contributed by atoms with van der Waals surface area (Å²) in [7, 11) is 0. The van der Waals surface area contributed by atoms with Crippen molar-refractivity contribution in [3.8, 4) is 11.4 Å². The number of hydrogen-bond donors (Lipinski definition) is 1. The average molecular weight is 359 g/mol. The Morgan fingerprint density at radius 1 is 1.18 bits per heavy atom. The first-order chi connectivity index (χ1) is 10.8. The molecular weight excluding hydrogens is 344 g/mol. The number of nitrogens with zero attached hydrogens (tertiary/aromatic N) is 3. The molecule has 1 fully saturated rings. The summed E-state index contributed by atoms with van der Waals surface area (Å²) in [6.07, 6.45) is 3.55. The van der Waals surface area contributed by atoms with Crippen LogP contribution in [0.4, 0.5) is 5.69 Å². The van der Waals surface area contributed by atoms with Crippen molar-refractivity contribution in [3.05, 3.63) is 41.1 Å². The number of aromatic nitrogens is 3. The summed E-state index contributed by atoms with van der Waals surface area (Å²) in [5.74, 6) is 0.859. The van der Waals surface area contributed by atoms with Crippen molar-refractivity contribution in [3.63, 3.8) is 0 Å². The number of nitrogens with one attached hydrogen (secondary N) is 1. The number of halogens is 1. The van der Waals surface area contributed by atoms with E-state index in [4.69, 9.17) is 4.74 Å². The zero-order chi connectivity index (χ0) is 14.9. The molecule has 1 N–H and O–H groups in total. The maximum Gasteiger partial charge on any atom is 0.138 e. The molecule has 0 radical (unpaired) electrons. The highest BCUT2D eigenvalue weighted by molar-refractivity contribution is 9.10. The van der Waals surface area contributed by atoms with Crippen LogP contribution in [-0.4, -0.2) is 41.3 Å². The minimum Gasteiger partial charge on any atom is -0.378 e. The molecule has 1 aliphatic heterocycles. The van der Waals surface area contributed by atoms with E-state index in [0.29, 0.717) is 0 Å². The summed E-state index contributed by atoms with van der Waals surface area (Å²) < 4.78 is 6.48. The number of hydrogen-bond acceptors (Lipinski definition) is 4. The van der Waals surface area contributed by atoms with Crippen LogP contribution in [-0.2, 0) is 4.74 Å². The van der Waals surface area contributed by atoms with E-state index in [1.807, 2.05) is 6.07 Å². The molecule has 1 aromatic carbocycles. The predicted octanol–water partition coefficient (Wildman–Crippen LogP) is 3.22. The van der Waals surface area contributed by atoms with Crippen molar-refractivity contribution >= 4 is 32.7 Å². The van der Waals surface area contributed by atoms with Gasteiger partial charge in [0.2, 0.25) is 0 Å². The van der Waals surface area contributed by atoms with Gasteiger partial charge < -0.3 is 14.6 Å². The Bertz CT molecular complexity index is 778. The highest BCUT2D eigenvalue weighted by Gasteiger charge is 2.15. The van der Waals surface area contributed by atoms with Gasteiger partial charge in [-0.25, -0.2) is 4.98 Å². The molecule has 4 rings (SSSR count). The van der Waals surface area contributed by atoms with Crippen LogP contribution in [0.2, 0.25) is 0 Å². The van der Waals surface area contributed by atoms with Crippen LogP contribution in [0, 0.1) is 0 Å². The van der Waals surface area contributed by atoms with Crippen molar-refractivity contribution in [1.82, 2.24) is 15.0 Å². The molecule has 112 valence electrons. The summed E-state index contributed by atoms with van der Waals surface area (Å²) in [5.41, 5.74) is 4.13. The lowest BCUT2D eigenvalue weighted by Gasteiger charge is -2.29. The van der Waals surface area contributed by atoms with E-state index in [-0.39, 0.29) is 0 Å². The Labute approximate surface area is 136 Å². The Balaban J connectivity index is 1.69. The largest absolute Gasteiger partial charge is 0.378 e. The van der Waals surface area contributed by atoms with Crippen LogP contribution in [0.3, 0.4) is 0 Å². The van der Waals surface area contributed by atoms with Crippen LogP contribution in [0.1, 0.15) is 0 Å². The summed E-state index contributed by atoms with van der Waals surface area (Å²) in [6.45, 7) is 3.41. The normalized spacial score (nSPS) is 15.4. The molecule has 1 saturated heterocycles. The summed E-state index contributed by atoms with van der Waals surface area (Å²) in [6, 6.07) is 8.25. The molecule has 5 nitrogen and oxygen atoms in total. The number of rotatable bonds is 2. The Morgan fingerprint density at radius 2 is 2.05 bits per heavy atom. The molecule has 0 amide bonds. The fourth-order valence-corrected chi connectivity index (χ4v) is 3.34. The molecule has 3 aromatic rings. The third kappa shape index (κ3) is 2.48. The van der Waals surface area contributed by atoms with Gasteiger partial charge in [-0.2, -0.15) is 0 Å². The van der Waals surface area contributed by atoms with Crippen molar-refractivity contribution in [2.45, 2.75) is 0 Å². The van der Waals surface area contributed by atoms with Crippen LogP contribution in [0.5, 0.6) is 0 Å². The van der Waals surface area contributed by atoms with Crippen LogP contribution >= 0.6 is 15.9 Å². The van der Waals surface area contributed by atoms with E-state index in [1.54, 1.807) is 12.4 Å².